The molecule has 0 fully saturated rings. The van der Waals surface area contributed by atoms with Gasteiger partial charge in [-0.3, -0.25) is 0 Å². The SMILES string of the molecule is OC[CH2][Eu][N]1C=NCC1. The van der Waals surface area contributed by atoms with Crippen LogP contribution in [0.25, 0.3) is 0 Å². The van der Waals surface area contributed by atoms with E-state index in [-0.39, 0.29) is 45.1 Å². The zero-order valence-electron chi connectivity index (χ0n) is 5.13. The van der Waals surface area contributed by atoms with Crippen molar-refractivity contribution in [2.24, 2.45) is 4.99 Å². The van der Waals surface area contributed by atoms with Crippen molar-refractivity contribution < 1.29 is 50.2 Å². The molecule has 0 aromatic carbocycles. The topological polar surface area (TPSA) is 35.8 Å². The number of aliphatic imine (C=N–C) groups is 1. The van der Waals surface area contributed by atoms with Gasteiger partial charge in [0.2, 0.25) is 0 Å². The van der Waals surface area contributed by atoms with Crippen molar-refractivity contribution in [2.75, 3.05) is 19.7 Å². The maximum absolute atomic E-state index is 8.49. The van der Waals surface area contributed by atoms with Crippen molar-refractivity contribution in [1.29, 1.82) is 0 Å². The molecule has 0 aromatic rings. The summed E-state index contributed by atoms with van der Waals surface area (Å²) in [5.41, 5.74) is 0. The number of aliphatic hydroxyl groups excluding tert-OH is 1. The Hall–Kier alpha value is 1.01. The number of rotatable bonds is 3. The second-order valence-corrected chi connectivity index (χ2v) is 5.05. The first kappa shape index (κ1) is 8.11. The Kier molecular flexibility index (Phi) is 4.30. The van der Waals surface area contributed by atoms with Gasteiger partial charge in [-0.05, 0) is 0 Å². The Morgan fingerprint density at radius 1 is 1.78 bits per heavy atom. The Labute approximate surface area is 80.6 Å². The van der Waals surface area contributed by atoms with E-state index in [4.69, 9.17) is 5.11 Å². The molecule has 0 saturated carbocycles. The van der Waals surface area contributed by atoms with Crippen molar-refractivity contribution in [2.45, 2.75) is 0.815 Å². The molecule has 0 spiro atoms. The molecular formula is C5H10EuN2O. The summed E-state index contributed by atoms with van der Waals surface area (Å²) in [7, 11) is 0. The van der Waals surface area contributed by atoms with Crippen LogP contribution in [-0.4, -0.2) is 31.0 Å². The van der Waals surface area contributed by atoms with E-state index in [1.807, 2.05) is 6.34 Å². The van der Waals surface area contributed by atoms with Gasteiger partial charge in [-0.1, -0.05) is 0 Å². The Morgan fingerprint density at radius 2 is 2.67 bits per heavy atom. The summed E-state index contributed by atoms with van der Waals surface area (Å²) in [5.74, 6) is 0. The van der Waals surface area contributed by atoms with E-state index < -0.39 is 0 Å². The Balaban J connectivity index is 2.05. The molecule has 53 valence electrons. The fraction of sp³-hybridized carbons (Fsp3) is 0.800. The van der Waals surface area contributed by atoms with Gasteiger partial charge in [0.1, 0.15) is 0 Å². The minimum absolute atomic E-state index is 0.291. The third-order valence-electron chi connectivity index (χ3n) is 0.972. The van der Waals surface area contributed by atoms with E-state index in [2.05, 4.69) is 4.84 Å². The monoisotopic (exact) mass is 267 g/mol. The van der Waals surface area contributed by atoms with Gasteiger partial charge in [-0.15, -0.1) is 0 Å². The van der Waals surface area contributed by atoms with Crippen LogP contribution in [-0.2, 0) is 0 Å². The second-order valence-electron chi connectivity index (χ2n) is 1.68. The first-order valence-corrected chi connectivity index (χ1v) is 5.70. The van der Waals surface area contributed by atoms with Crippen molar-refractivity contribution in [3.8, 4) is 0 Å². The first-order chi connectivity index (χ1) is 4.43. The van der Waals surface area contributed by atoms with E-state index >= 15 is 0 Å². The molecule has 0 amide bonds. The van der Waals surface area contributed by atoms with Crippen LogP contribution in [0, 0.1) is 45.1 Å². The summed E-state index contributed by atoms with van der Waals surface area (Å²) in [6.45, 7) is 2.41. The van der Waals surface area contributed by atoms with E-state index in [9.17, 15) is 0 Å². The number of nitrogens with zero attached hydrogens (tertiary/aromatic N) is 2. The van der Waals surface area contributed by atoms with Crippen LogP contribution in [0.3, 0.4) is 0 Å². The van der Waals surface area contributed by atoms with Gasteiger partial charge in [0.25, 0.3) is 0 Å². The molecule has 1 aliphatic heterocycles. The van der Waals surface area contributed by atoms with Crippen LogP contribution in [0.1, 0.15) is 0 Å². The van der Waals surface area contributed by atoms with Crippen molar-refractivity contribution in [1.82, 2.24) is -0.154 Å². The standard InChI is InChI=1S/C3H5N2.C2H5O.Eu/c1-2-5-3-4-1;1-2-3;/h3H,1-2H2;3H,1-2H2;/q-1;;+1. The van der Waals surface area contributed by atoms with Crippen LogP contribution in [0.2, 0.25) is 0.815 Å². The van der Waals surface area contributed by atoms with Crippen molar-refractivity contribution >= 4 is 6.34 Å². The molecule has 9 heavy (non-hydrogen) atoms. The van der Waals surface area contributed by atoms with Crippen molar-refractivity contribution in [3.63, 3.8) is 0 Å². The average molecular weight is 266 g/mol. The average Bonchev–Trinajstić information content (AvgIpc) is 2.34. The molecule has 4 heteroatoms. The summed E-state index contributed by atoms with van der Waals surface area (Å²) in [5, 5.41) is 8.49. The molecule has 0 unspecified atom stereocenters. The Morgan fingerprint density at radius 3 is 3.22 bits per heavy atom. The predicted molar refractivity (Wildman–Crippen MR) is 32.0 cm³/mol. The molecule has 3 nitrogen and oxygen atoms in total. The third-order valence-corrected chi connectivity index (χ3v) is 3.86. The van der Waals surface area contributed by atoms with E-state index in [1.165, 1.54) is 0 Å². The zero-order chi connectivity index (χ0) is 6.53. The number of hydrogen-bond donors (Lipinski definition) is 1. The summed E-state index contributed by atoms with van der Waals surface area (Å²) >= 11 is -0.291. The normalized spacial score (nSPS) is 17.2. The van der Waals surface area contributed by atoms with Crippen LogP contribution in [0.4, 0.5) is 0 Å². The quantitative estimate of drug-likeness (QED) is 0.764. The van der Waals surface area contributed by atoms with Crippen LogP contribution < -0.4 is 0 Å². The molecule has 0 bridgehead atoms. The molecule has 1 heterocycles. The summed E-state index contributed by atoms with van der Waals surface area (Å²) < 4.78 is 3.28. The van der Waals surface area contributed by atoms with Crippen LogP contribution in [0.5, 0.6) is 0 Å². The molecule has 0 radical (unpaired) electrons. The van der Waals surface area contributed by atoms with Gasteiger partial charge < -0.3 is 0 Å². The molecule has 1 rings (SSSR count). The summed E-state index contributed by atoms with van der Waals surface area (Å²) in [6.07, 6.45) is 1.92. The van der Waals surface area contributed by atoms with Crippen molar-refractivity contribution in [3.05, 3.63) is 0 Å². The summed E-state index contributed by atoms with van der Waals surface area (Å²) in [4.78, 5) is 4.08. The van der Waals surface area contributed by atoms with E-state index in [0.717, 1.165) is 13.9 Å². The minimum atomic E-state index is -0.291. The molecule has 0 saturated heterocycles. The van der Waals surface area contributed by atoms with Gasteiger partial charge in [-0.25, -0.2) is 0 Å². The van der Waals surface area contributed by atoms with Crippen LogP contribution >= 0.6 is 0 Å². The number of hydrogen-bond acceptors (Lipinski definition) is 3. The van der Waals surface area contributed by atoms with Gasteiger partial charge in [-0.2, -0.15) is 0 Å². The fourth-order valence-corrected chi connectivity index (χ4v) is 2.56. The molecule has 1 aliphatic rings. The summed E-state index contributed by atoms with van der Waals surface area (Å²) in [6, 6.07) is 0. The molecular weight excluding hydrogens is 256 g/mol. The van der Waals surface area contributed by atoms with Gasteiger partial charge >= 0.3 is 81.9 Å². The number of aliphatic hydroxyl groups is 1. The second kappa shape index (κ2) is 4.77. The van der Waals surface area contributed by atoms with Gasteiger partial charge in [0.15, 0.2) is 0 Å². The van der Waals surface area contributed by atoms with Gasteiger partial charge in [0.05, 0.1) is 0 Å². The molecule has 0 aliphatic carbocycles. The maximum atomic E-state index is 8.49. The fourth-order valence-electron chi connectivity index (χ4n) is 0.594. The predicted octanol–water partition coefficient (Wildman–Crippen LogP) is -0.259. The third kappa shape index (κ3) is 3.07. The first-order valence-electron chi connectivity index (χ1n) is 2.90. The molecule has 0 atom stereocenters. The van der Waals surface area contributed by atoms with Gasteiger partial charge in [0, 0.05) is 0 Å². The van der Waals surface area contributed by atoms with Crippen LogP contribution in [0.15, 0.2) is 4.99 Å². The molecule has 1 N–H and O–H groups in total. The van der Waals surface area contributed by atoms with E-state index in [0.29, 0.717) is 6.61 Å². The molecule has 0 aromatic heterocycles. The van der Waals surface area contributed by atoms with E-state index in [1.54, 1.807) is 0 Å². The Bertz CT molecular complexity index is 107. The zero-order valence-corrected chi connectivity index (χ0v) is 7.55.